The molecule has 2 heterocycles. The van der Waals surface area contributed by atoms with Crippen LogP contribution in [-0.2, 0) is 35.5 Å². The SMILES string of the molecule is CCn1c(COc2ccccc2Cl)nnc1SCC(=O)Nc1sc2c(c1C(=O)OC)CCCCCC2. The summed E-state index contributed by atoms with van der Waals surface area (Å²) in [6.07, 6.45) is 6.22. The Balaban J connectivity index is 1.42. The fraction of sp³-hybridized carbons (Fsp3) is 0.440. The molecule has 0 atom stereocenters. The first-order valence-electron chi connectivity index (χ1n) is 12.0. The average Bonchev–Trinajstić information content (AvgIpc) is 3.41. The van der Waals surface area contributed by atoms with Crippen LogP contribution in [0.15, 0.2) is 29.4 Å². The quantitative estimate of drug-likeness (QED) is 0.268. The summed E-state index contributed by atoms with van der Waals surface area (Å²) < 4.78 is 12.8. The van der Waals surface area contributed by atoms with Gasteiger partial charge in [0, 0.05) is 11.4 Å². The Morgan fingerprint density at radius 2 is 1.94 bits per heavy atom. The lowest BCUT2D eigenvalue weighted by molar-refractivity contribution is -0.113. The van der Waals surface area contributed by atoms with Gasteiger partial charge in [-0.3, -0.25) is 4.79 Å². The second-order valence-electron chi connectivity index (χ2n) is 8.31. The number of amides is 1. The number of carbonyl (C=O) groups is 2. The molecule has 0 fully saturated rings. The third-order valence-electron chi connectivity index (χ3n) is 5.95. The summed E-state index contributed by atoms with van der Waals surface area (Å²) >= 11 is 8.95. The summed E-state index contributed by atoms with van der Waals surface area (Å²) in [4.78, 5) is 26.6. The number of aryl methyl sites for hydroxylation is 1. The highest BCUT2D eigenvalue weighted by Gasteiger charge is 2.26. The molecule has 0 unspecified atom stereocenters. The minimum Gasteiger partial charge on any atom is -0.484 e. The molecular weight excluding hydrogens is 520 g/mol. The zero-order valence-electron chi connectivity index (χ0n) is 20.3. The number of para-hydroxylation sites is 1. The molecule has 1 aliphatic rings. The van der Waals surface area contributed by atoms with Crippen molar-refractivity contribution in [2.75, 3.05) is 18.2 Å². The van der Waals surface area contributed by atoms with Crippen LogP contribution in [0.5, 0.6) is 5.75 Å². The second kappa shape index (κ2) is 12.6. The van der Waals surface area contributed by atoms with Crippen LogP contribution in [0.4, 0.5) is 5.00 Å². The Hall–Kier alpha value is -2.56. The van der Waals surface area contributed by atoms with Crippen molar-refractivity contribution in [3.63, 3.8) is 0 Å². The van der Waals surface area contributed by atoms with Crippen molar-refractivity contribution in [2.24, 2.45) is 0 Å². The summed E-state index contributed by atoms with van der Waals surface area (Å²) in [6.45, 7) is 2.82. The predicted octanol–water partition coefficient (Wildman–Crippen LogP) is 5.77. The number of aromatic nitrogens is 3. The molecule has 0 saturated heterocycles. The summed E-state index contributed by atoms with van der Waals surface area (Å²) in [5.74, 6) is 0.743. The molecule has 36 heavy (non-hydrogen) atoms. The standard InChI is InChI=1S/C25H29ClN4O4S2/c1-3-30-20(14-34-18-12-9-8-11-17(18)26)28-29-25(30)35-15-21(31)27-23-22(24(32)33-2)16-10-6-4-5-7-13-19(16)36-23/h8-9,11-12H,3-7,10,13-15H2,1-2H3,(H,27,31). The Bertz CT molecular complexity index is 1230. The van der Waals surface area contributed by atoms with E-state index < -0.39 is 5.97 Å². The smallest absolute Gasteiger partial charge is 0.341 e. The van der Waals surface area contributed by atoms with Crippen LogP contribution in [0.3, 0.4) is 0 Å². The van der Waals surface area contributed by atoms with Crippen LogP contribution in [0.1, 0.15) is 59.2 Å². The molecule has 0 spiro atoms. The fourth-order valence-corrected chi connectivity index (χ4v) is 6.48. The number of carbonyl (C=O) groups excluding carboxylic acids is 2. The molecule has 8 nitrogen and oxygen atoms in total. The van der Waals surface area contributed by atoms with Gasteiger partial charge in [0.25, 0.3) is 0 Å². The van der Waals surface area contributed by atoms with Crippen molar-refractivity contribution in [3.05, 3.63) is 51.1 Å². The predicted molar refractivity (Wildman–Crippen MR) is 142 cm³/mol. The van der Waals surface area contributed by atoms with Crippen molar-refractivity contribution in [2.45, 2.75) is 63.8 Å². The highest BCUT2D eigenvalue weighted by atomic mass is 35.5. The first kappa shape index (κ1) is 26.5. The number of rotatable bonds is 9. The van der Waals surface area contributed by atoms with Gasteiger partial charge in [-0.25, -0.2) is 4.79 Å². The number of esters is 1. The van der Waals surface area contributed by atoms with Gasteiger partial charge in [0.05, 0.1) is 23.4 Å². The summed E-state index contributed by atoms with van der Waals surface area (Å²) in [7, 11) is 1.38. The van der Waals surface area contributed by atoms with Crippen molar-refractivity contribution in [1.82, 2.24) is 14.8 Å². The molecular formula is C25H29ClN4O4S2. The van der Waals surface area contributed by atoms with Crippen LogP contribution < -0.4 is 10.1 Å². The minimum atomic E-state index is -0.398. The number of thioether (sulfide) groups is 1. The van der Waals surface area contributed by atoms with E-state index in [0.717, 1.165) is 37.7 Å². The Morgan fingerprint density at radius 3 is 2.69 bits per heavy atom. The summed E-state index contributed by atoms with van der Waals surface area (Å²) in [6, 6.07) is 7.25. The van der Waals surface area contributed by atoms with E-state index in [1.54, 1.807) is 12.1 Å². The third-order valence-corrected chi connectivity index (χ3v) is 8.44. The number of hydrogen-bond donors (Lipinski definition) is 1. The number of methoxy groups -OCH3 is 1. The molecule has 1 aliphatic carbocycles. The number of benzene rings is 1. The molecule has 11 heteroatoms. The number of nitrogens with zero attached hydrogens (tertiary/aromatic N) is 3. The number of thiophene rings is 1. The zero-order valence-corrected chi connectivity index (χ0v) is 22.7. The Labute approximate surface area is 223 Å². The molecule has 0 radical (unpaired) electrons. The lowest BCUT2D eigenvalue weighted by Crippen LogP contribution is -2.17. The second-order valence-corrected chi connectivity index (χ2v) is 10.8. The first-order valence-corrected chi connectivity index (χ1v) is 14.1. The van der Waals surface area contributed by atoms with Crippen LogP contribution in [0.25, 0.3) is 0 Å². The highest BCUT2D eigenvalue weighted by Crippen LogP contribution is 2.37. The van der Waals surface area contributed by atoms with Crippen molar-refractivity contribution in [3.8, 4) is 5.75 Å². The van der Waals surface area contributed by atoms with Gasteiger partial charge in [-0.15, -0.1) is 21.5 Å². The van der Waals surface area contributed by atoms with Crippen LogP contribution >= 0.6 is 34.7 Å². The molecule has 0 bridgehead atoms. The fourth-order valence-electron chi connectivity index (χ4n) is 4.17. The number of hydrogen-bond acceptors (Lipinski definition) is 8. The van der Waals surface area contributed by atoms with E-state index in [9.17, 15) is 9.59 Å². The Morgan fingerprint density at radius 1 is 1.17 bits per heavy atom. The molecule has 0 aliphatic heterocycles. The molecule has 2 aromatic heterocycles. The maximum absolute atomic E-state index is 12.9. The molecule has 4 rings (SSSR count). The summed E-state index contributed by atoms with van der Waals surface area (Å²) in [5.41, 5.74) is 1.54. The average molecular weight is 549 g/mol. The first-order chi connectivity index (χ1) is 17.5. The lowest BCUT2D eigenvalue weighted by atomic mass is 9.96. The number of nitrogens with one attached hydrogen (secondary N) is 1. The lowest BCUT2D eigenvalue weighted by Gasteiger charge is -2.11. The number of ether oxygens (including phenoxy) is 2. The monoisotopic (exact) mass is 548 g/mol. The van der Waals surface area contributed by atoms with Gasteiger partial charge in [0.15, 0.2) is 11.0 Å². The maximum Gasteiger partial charge on any atom is 0.341 e. The highest BCUT2D eigenvalue weighted by molar-refractivity contribution is 7.99. The van der Waals surface area contributed by atoms with Gasteiger partial charge in [0.2, 0.25) is 5.91 Å². The molecule has 1 amide bonds. The number of halogens is 1. The van der Waals surface area contributed by atoms with E-state index in [4.69, 9.17) is 21.1 Å². The minimum absolute atomic E-state index is 0.132. The van der Waals surface area contributed by atoms with E-state index in [0.29, 0.717) is 38.9 Å². The van der Waals surface area contributed by atoms with Gasteiger partial charge in [0.1, 0.15) is 17.4 Å². The van der Waals surface area contributed by atoms with Crippen molar-refractivity contribution in [1.29, 1.82) is 0 Å². The zero-order chi connectivity index (χ0) is 25.5. The van der Waals surface area contributed by atoms with Crippen LogP contribution in [0, 0.1) is 0 Å². The van der Waals surface area contributed by atoms with E-state index in [1.165, 1.54) is 41.5 Å². The molecule has 0 saturated carbocycles. The van der Waals surface area contributed by atoms with E-state index in [-0.39, 0.29) is 18.3 Å². The van der Waals surface area contributed by atoms with Gasteiger partial charge >= 0.3 is 5.97 Å². The molecule has 3 aromatic rings. The third kappa shape index (κ3) is 6.22. The van der Waals surface area contributed by atoms with Crippen LogP contribution in [0.2, 0.25) is 5.02 Å². The van der Waals surface area contributed by atoms with Gasteiger partial charge in [-0.05, 0) is 50.3 Å². The number of anilines is 1. The normalized spacial score (nSPS) is 13.4. The van der Waals surface area contributed by atoms with Crippen molar-refractivity contribution < 1.29 is 19.1 Å². The largest absolute Gasteiger partial charge is 0.484 e. The van der Waals surface area contributed by atoms with E-state index in [1.807, 2.05) is 23.6 Å². The van der Waals surface area contributed by atoms with E-state index >= 15 is 0 Å². The topological polar surface area (TPSA) is 95.3 Å². The van der Waals surface area contributed by atoms with Gasteiger partial charge in [-0.2, -0.15) is 0 Å². The molecule has 1 aromatic carbocycles. The Kier molecular flexibility index (Phi) is 9.28. The van der Waals surface area contributed by atoms with Crippen LogP contribution in [-0.4, -0.2) is 39.5 Å². The number of fused-ring (bicyclic) bond motifs is 1. The molecule has 1 N–H and O–H groups in total. The van der Waals surface area contributed by atoms with Crippen molar-refractivity contribution >= 4 is 51.6 Å². The summed E-state index contributed by atoms with van der Waals surface area (Å²) in [5, 5.41) is 13.2. The maximum atomic E-state index is 12.9. The van der Waals surface area contributed by atoms with Gasteiger partial charge in [-0.1, -0.05) is 48.3 Å². The van der Waals surface area contributed by atoms with Gasteiger partial charge < -0.3 is 19.4 Å². The molecule has 192 valence electrons. The van der Waals surface area contributed by atoms with E-state index in [2.05, 4.69) is 15.5 Å².